The van der Waals surface area contributed by atoms with Gasteiger partial charge in [-0.1, -0.05) is 13.3 Å². The summed E-state index contributed by atoms with van der Waals surface area (Å²) in [7, 11) is 0. The van der Waals surface area contributed by atoms with Gasteiger partial charge in [0.15, 0.2) is 5.79 Å². The Bertz CT molecular complexity index is 76.6. The van der Waals surface area contributed by atoms with Crippen molar-refractivity contribution < 1.29 is 9.84 Å². The molecule has 1 heterocycles. The van der Waals surface area contributed by atoms with Gasteiger partial charge in [0.2, 0.25) is 0 Å². The summed E-state index contributed by atoms with van der Waals surface area (Å²) in [6, 6.07) is 0. The zero-order valence-corrected chi connectivity index (χ0v) is 5.18. The molecular weight excluding hydrogens is 104 g/mol. The molecular formula is C6H12O2. The lowest BCUT2D eigenvalue weighted by Gasteiger charge is -2.36. The van der Waals surface area contributed by atoms with Gasteiger partial charge in [-0.25, -0.2) is 0 Å². The lowest BCUT2D eigenvalue weighted by atomic mass is 10.0. The second-order valence-electron chi connectivity index (χ2n) is 2.29. The summed E-state index contributed by atoms with van der Waals surface area (Å²) < 4.78 is 4.91. The molecule has 0 aromatic heterocycles. The average Bonchev–Trinajstić information content (AvgIpc) is 1.64. The van der Waals surface area contributed by atoms with Crippen LogP contribution in [0.5, 0.6) is 0 Å². The highest BCUT2D eigenvalue weighted by Gasteiger charge is 2.34. The average molecular weight is 116 g/mol. The van der Waals surface area contributed by atoms with Gasteiger partial charge < -0.3 is 9.84 Å². The molecule has 48 valence electrons. The molecule has 0 aromatic rings. The number of hydrogen-bond donors (Lipinski definition) is 1. The lowest BCUT2D eigenvalue weighted by molar-refractivity contribution is -0.284. The highest BCUT2D eigenvalue weighted by molar-refractivity contribution is 4.73. The zero-order valence-electron chi connectivity index (χ0n) is 5.18. The number of rotatable bonds is 2. The van der Waals surface area contributed by atoms with E-state index in [1.54, 1.807) is 0 Å². The van der Waals surface area contributed by atoms with Crippen molar-refractivity contribution in [1.82, 2.24) is 0 Å². The summed E-state index contributed by atoms with van der Waals surface area (Å²) >= 11 is 0. The van der Waals surface area contributed by atoms with Crippen LogP contribution in [0.3, 0.4) is 0 Å². The normalized spacial score (nSPS) is 36.8. The van der Waals surface area contributed by atoms with Gasteiger partial charge in [-0.15, -0.1) is 0 Å². The molecule has 1 unspecified atom stereocenters. The van der Waals surface area contributed by atoms with E-state index in [0.29, 0.717) is 0 Å². The molecule has 0 bridgehead atoms. The third kappa shape index (κ3) is 1.01. The van der Waals surface area contributed by atoms with Gasteiger partial charge in [-0.2, -0.15) is 0 Å². The van der Waals surface area contributed by atoms with Crippen LogP contribution in [0.15, 0.2) is 0 Å². The van der Waals surface area contributed by atoms with E-state index >= 15 is 0 Å². The van der Waals surface area contributed by atoms with Crippen LogP contribution < -0.4 is 0 Å². The molecule has 2 heteroatoms. The van der Waals surface area contributed by atoms with E-state index in [2.05, 4.69) is 0 Å². The summed E-state index contributed by atoms with van der Waals surface area (Å²) in [4.78, 5) is 0. The van der Waals surface area contributed by atoms with Crippen molar-refractivity contribution >= 4 is 0 Å². The van der Waals surface area contributed by atoms with E-state index in [1.807, 2.05) is 6.92 Å². The first-order chi connectivity index (χ1) is 3.77. The van der Waals surface area contributed by atoms with Gasteiger partial charge in [-0.3, -0.25) is 0 Å². The second kappa shape index (κ2) is 2.03. The Kier molecular flexibility index (Phi) is 1.54. The number of hydrogen-bond acceptors (Lipinski definition) is 2. The van der Waals surface area contributed by atoms with E-state index in [0.717, 1.165) is 25.9 Å². The first-order valence-corrected chi connectivity index (χ1v) is 3.13. The van der Waals surface area contributed by atoms with Crippen molar-refractivity contribution in [2.24, 2.45) is 0 Å². The highest BCUT2D eigenvalue weighted by Crippen LogP contribution is 2.27. The SMILES string of the molecule is CCCC1(O)CCO1. The van der Waals surface area contributed by atoms with Crippen molar-refractivity contribution in [3.63, 3.8) is 0 Å². The Morgan fingerprint density at radius 2 is 2.38 bits per heavy atom. The monoisotopic (exact) mass is 116 g/mol. The molecule has 1 saturated heterocycles. The number of aliphatic hydroxyl groups is 1. The molecule has 0 radical (unpaired) electrons. The van der Waals surface area contributed by atoms with Crippen molar-refractivity contribution in [2.45, 2.75) is 32.0 Å². The summed E-state index contributed by atoms with van der Waals surface area (Å²) in [5.41, 5.74) is 0. The molecule has 0 aliphatic carbocycles. The van der Waals surface area contributed by atoms with Crippen LogP contribution in [0.1, 0.15) is 26.2 Å². The molecule has 0 amide bonds. The van der Waals surface area contributed by atoms with E-state index in [-0.39, 0.29) is 0 Å². The van der Waals surface area contributed by atoms with Crippen LogP contribution in [0.25, 0.3) is 0 Å². The maximum atomic E-state index is 9.19. The van der Waals surface area contributed by atoms with E-state index in [9.17, 15) is 5.11 Å². The standard InChI is InChI=1S/C6H12O2/c1-2-3-6(7)4-5-8-6/h7H,2-5H2,1H3. The molecule has 1 rings (SSSR count). The minimum Gasteiger partial charge on any atom is -0.365 e. The third-order valence-corrected chi connectivity index (χ3v) is 1.50. The molecule has 0 spiro atoms. The summed E-state index contributed by atoms with van der Waals surface area (Å²) in [5.74, 6) is -0.727. The minimum absolute atomic E-state index is 0.727. The second-order valence-corrected chi connectivity index (χ2v) is 2.29. The molecule has 0 aromatic carbocycles. The fourth-order valence-corrected chi connectivity index (χ4v) is 0.925. The molecule has 1 aliphatic heterocycles. The minimum atomic E-state index is -0.727. The maximum Gasteiger partial charge on any atom is 0.167 e. The van der Waals surface area contributed by atoms with Gasteiger partial charge in [0.1, 0.15) is 0 Å². The van der Waals surface area contributed by atoms with Crippen LogP contribution >= 0.6 is 0 Å². The van der Waals surface area contributed by atoms with Gasteiger partial charge >= 0.3 is 0 Å². The Balaban J connectivity index is 2.20. The Morgan fingerprint density at radius 1 is 1.75 bits per heavy atom. The predicted octanol–water partition coefficient (Wildman–Crippen LogP) is 0.895. The van der Waals surface area contributed by atoms with E-state index in [1.165, 1.54) is 0 Å². The van der Waals surface area contributed by atoms with Crippen molar-refractivity contribution in [3.8, 4) is 0 Å². The Hall–Kier alpha value is -0.0800. The number of ether oxygens (including phenoxy) is 1. The van der Waals surface area contributed by atoms with Crippen LogP contribution in [-0.2, 0) is 4.74 Å². The van der Waals surface area contributed by atoms with Crippen LogP contribution in [0, 0.1) is 0 Å². The van der Waals surface area contributed by atoms with Gasteiger partial charge in [0.05, 0.1) is 6.61 Å². The molecule has 2 nitrogen and oxygen atoms in total. The maximum absolute atomic E-state index is 9.19. The van der Waals surface area contributed by atoms with Crippen LogP contribution in [-0.4, -0.2) is 17.5 Å². The van der Waals surface area contributed by atoms with Crippen molar-refractivity contribution in [1.29, 1.82) is 0 Å². The highest BCUT2D eigenvalue weighted by atomic mass is 16.6. The van der Waals surface area contributed by atoms with Gasteiger partial charge in [-0.05, 0) is 0 Å². The van der Waals surface area contributed by atoms with Crippen LogP contribution in [0.4, 0.5) is 0 Å². The molecule has 1 atom stereocenters. The van der Waals surface area contributed by atoms with E-state index in [4.69, 9.17) is 4.74 Å². The fourth-order valence-electron chi connectivity index (χ4n) is 0.925. The molecule has 1 fully saturated rings. The summed E-state index contributed by atoms with van der Waals surface area (Å²) in [6.45, 7) is 2.77. The molecule has 1 aliphatic rings. The fraction of sp³-hybridized carbons (Fsp3) is 1.00. The van der Waals surface area contributed by atoms with Crippen molar-refractivity contribution in [2.75, 3.05) is 6.61 Å². The Labute approximate surface area is 49.5 Å². The van der Waals surface area contributed by atoms with Gasteiger partial charge in [0, 0.05) is 12.8 Å². The van der Waals surface area contributed by atoms with Crippen LogP contribution in [0.2, 0.25) is 0 Å². The largest absolute Gasteiger partial charge is 0.365 e. The van der Waals surface area contributed by atoms with Gasteiger partial charge in [0.25, 0.3) is 0 Å². The molecule has 0 saturated carbocycles. The summed E-state index contributed by atoms with van der Waals surface area (Å²) in [6.07, 6.45) is 2.60. The van der Waals surface area contributed by atoms with E-state index < -0.39 is 5.79 Å². The first kappa shape index (κ1) is 6.05. The third-order valence-electron chi connectivity index (χ3n) is 1.50. The summed E-state index contributed by atoms with van der Waals surface area (Å²) in [5, 5.41) is 9.19. The topological polar surface area (TPSA) is 29.5 Å². The lowest BCUT2D eigenvalue weighted by Crippen LogP contribution is -2.43. The smallest absolute Gasteiger partial charge is 0.167 e. The zero-order chi connectivity index (χ0) is 6.04. The quantitative estimate of drug-likeness (QED) is 0.580. The van der Waals surface area contributed by atoms with Crippen molar-refractivity contribution in [3.05, 3.63) is 0 Å². The predicted molar refractivity (Wildman–Crippen MR) is 30.4 cm³/mol. The Morgan fingerprint density at radius 3 is 2.50 bits per heavy atom. The molecule has 1 N–H and O–H groups in total. The molecule has 8 heavy (non-hydrogen) atoms. The first-order valence-electron chi connectivity index (χ1n) is 3.13.